The fourth-order valence-electron chi connectivity index (χ4n) is 5.86. The monoisotopic (exact) mass is 515 g/mol. The van der Waals surface area contributed by atoms with Gasteiger partial charge in [0.2, 0.25) is 0 Å². The molecule has 2 aliphatic rings. The van der Waals surface area contributed by atoms with Gasteiger partial charge in [0.05, 0.1) is 31.7 Å². The highest BCUT2D eigenvalue weighted by Gasteiger charge is 2.34. The van der Waals surface area contributed by atoms with Gasteiger partial charge in [-0.15, -0.1) is 0 Å². The third-order valence-corrected chi connectivity index (χ3v) is 9.28. The standard InChI is InChI=1S/C28H41N3O4S/c1-34-21-9-11-26-24(18-21)23(12-14-29-26)27(30-35-2)10-8-20-13-15-31(19-25(20)28(32)33)16-17-36-22-6-4-3-5-7-22/h9,11-12,14,18,20,22,25,27,30H,3-8,10,13,15-17,19H2,1-2H3,(H,32,33)/t20-,25+,27+/m1/s1. The summed E-state index contributed by atoms with van der Waals surface area (Å²) >= 11 is 2.10. The Morgan fingerprint density at radius 2 is 2.06 bits per heavy atom. The number of aliphatic carboxylic acids is 1. The summed E-state index contributed by atoms with van der Waals surface area (Å²) in [4.78, 5) is 24.5. The average molecular weight is 516 g/mol. The molecule has 0 radical (unpaired) electrons. The number of pyridine rings is 1. The van der Waals surface area contributed by atoms with Crippen molar-refractivity contribution in [1.29, 1.82) is 0 Å². The minimum Gasteiger partial charge on any atom is -0.497 e. The van der Waals surface area contributed by atoms with E-state index in [-0.39, 0.29) is 17.9 Å². The van der Waals surface area contributed by atoms with Crippen molar-refractivity contribution in [3.8, 4) is 5.75 Å². The lowest BCUT2D eigenvalue weighted by Gasteiger charge is -2.37. The number of carboxylic acid groups (broad SMARTS) is 1. The second-order valence-electron chi connectivity index (χ2n) is 10.2. The van der Waals surface area contributed by atoms with E-state index in [9.17, 15) is 9.90 Å². The number of piperidine rings is 1. The van der Waals surface area contributed by atoms with Crippen LogP contribution in [0.1, 0.15) is 63.0 Å². The molecule has 4 rings (SSSR count). The molecule has 0 unspecified atom stereocenters. The number of likely N-dealkylation sites (tertiary alicyclic amines) is 1. The highest BCUT2D eigenvalue weighted by molar-refractivity contribution is 7.99. The van der Waals surface area contributed by atoms with Crippen LogP contribution in [0.4, 0.5) is 0 Å². The molecule has 0 amide bonds. The van der Waals surface area contributed by atoms with Gasteiger partial charge in [-0.1, -0.05) is 19.3 Å². The Bertz CT molecular complexity index is 984. The Balaban J connectivity index is 1.36. The number of aromatic nitrogens is 1. The SMILES string of the molecule is CON[C@@H](CC[C@@H]1CCN(CCSC2CCCCC2)C[C@@H]1C(=O)O)c1ccnc2ccc(OC)cc12. The lowest BCUT2D eigenvalue weighted by molar-refractivity contribution is -0.146. The summed E-state index contributed by atoms with van der Waals surface area (Å²) in [5.74, 6) is 1.07. The van der Waals surface area contributed by atoms with Gasteiger partial charge in [-0.3, -0.25) is 9.78 Å². The molecule has 1 aliphatic heterocycles. The molecule has 1 saturated carbocycles. The lowest BCUT2D eigenvalue weighted by atomic mass is 9.81. The van der Waals surface area contributed by atoms with Gasteiger partial charge in [-0.05, 0) is 74.4 Å². The number of hydrogen-bond acceptors (Lipinski definition) is 7. The van der Waals surface area contributed by atoms with Crippen LogP contribution in [0.15, 0.2) is 30.5 Å². The Hall–Kier alpha value is -1.87. The first-order valence-corrected chi connectivity index (χ1v) is 14.4. The fourth-order valence-corrected chi connectivity index (χ4v) is 7.22. The number of fused-ring (bicyclic) bond motifs is 1. The van der Waals surface area contributed by atoms with Crippen molar-refractivity contribution >= 4 is 28.6 Å². The molecule has 7 nitrogen and oxygen atoms in total. The van der Waals surface area contributed by atoms with E-state index in [1.54, 1.807) is 14.2 Å². The second-order valence-corrected chi connectivity index (χ2v) is 11.6. The van der Waals surface area contributed by atoms with Crippen LogP contribution < -0.4 is 10.2 Å². The van der Waals surface area contributed by atoms with Gasteiger partial charge in [0.25, 0.3) is 0 Å². The normalized spacial score (nSPS) is 22.5. The smallest absolute Gasteiger partial charge is 0.308 e. The maximum absolute atomic E-state index is 12.2. The molecule has 1 aromatic carbocycles. The predicted molar refractivity (Wildman–Crippen MR) is 145 cm³/mol. The number of nitrogens with zero attached hydrogens (tertiary/aromatic N) is 2. The topological polar surface area (TPSA) is 83.9 Å². The first-order chi connectivity index (χ1) is 17.6. The van der Waals surface area contributed by atoms with Gasteiger partial charge in [0, 0.05) is 35.7 Å². The van der Waals surface area contributed by atoms with Crippen LogP contribution in [0.5, 0.6) is 5.75 Å². The van der Waals surface area contributed by atoms with Crippen LogP contribution in [0, 0.1) is 11.8 Å². The maximum Gasteiger partial charge on any atom is 0.308 e. The molecule has 1 aromatic heterocycles. The number of methoxy groups -OCH3 is 1. The van der Waals surface area contributed by atoms with E-state index < -0.39 is 5.97 Å². The number of thioether (sulfide) groups is 1. The molecule has 0 bridgehead atoms. The maximum atomic E-state index is 12.2. The molecule has 0 spiro atoms. The number of hydrogen-bond donors (Lipinski definition) is 2. The summed E-state index contributed by atoms with van der Waals surface area (Å²) in [5.41, 5.74) is 5.14. The number of rotatable bonds is 12. The molecule has 2 N–H and O–H groups in total. The van der Waals surface area contributed by atoms with Crippen molar-refractivity contribution in [3.63, 3.8) is 0 Å². The summed E-state index contributed by atoms with van der Waals surface area (Å²) < 4.78 is 5.43. The van der Waals surface area contributed by atoms with E-state index in [0.717, 1.165) is 65.6 Å². The Labute approximate surface area is 219 Å². The van der Waals surface area contributed by atoms with Crippen LogP contribution in [0.3, 0.4) is 0 Å². The van der Waals surface area contributed by atoms with E-state index >= 15 is 0 Å². The van der Waals surface area contributed by atoms with Crippen LogP contribution in [0.2, 0.25) is 0 Å². The molecule has 36 heavy (non-hydrogen) atoms. The lowest BCUT2D eigenvalue weighted by Crippen LogP contribution is -2.45. The zero-order chi connectivity index (χ0) is 25.3. The quantitative estimate of drug-likeness (QED) is 0.368. The number of nitrogens with one attached hydrogen (secondary N) is 1. The van der Waals surface area contributed by atoms with E-state index in [1.165, 1.54) is 32.1 Å². The molecule has 198 valence electrons. The Kier molecular flexibility index (Phi) is 10.3. The summed E-state index contributed by atoms with van der Waals surface area (Å²) in [6, 6.07) is 7.83. The van der Waals surface area contributed by atoms with Gasteiger partial charge in [0.15, 0.2) is 0 Å². The van der Waals surface area contributed by atoms with Crippen molar-refractivity contribution in [1.82, 2.24) is 15.4 Å². The van der Waals surface area contributed by atoms with Gasteiger partial charge >= 0.3 is 5.97 Å². The van der Waals surface area contributed by atoms with Crippen molar-refractivity contribution in [3.05, 3.63) is 36.0 Å². The molecule has 2 aromatic rings. The summed E-state index contributed by atoms with van der Waals surface area (Å²) in [6.07, 6.45) is 11.2. The summed E-state index contributed by atoms with van der Waals surface area (Å²) in [7, 11) is 3.29. The minimum absolute atomic E-state index is 0.0630. The van der Waals surface area contributed by atoms with Crippen molar-refractivity contribution < 1.29 is 19.5 Å². The zero-order valence-electron chi connectivity index (χ0n) is 21.7. The first kappa shape index (κ1) is 27.2. The van der Waals surface area contributed by atoms with E-state index in [4.69, 9.17) is 9.57 Å². The Morgan fingerprint density at radius 3 is 2.81 bits per heavy atom. The highest BCUT2D eigenvalue weighted by atomic mass is 32.2. The number of ether oxygens (including phenoxy) is 1. The van der Waals surface area contributed by atoms with E-state index in [2.05, 4.69) is 27.1 Å². The summed E-state index contributed by atoms with van der Waals surface area (Å²) in [6.45, 7) is 2.64. The van der Waals surface area contributed by atoms with E-state index in [1.807, 2.05) is 30.5 Å². The van der Waals surface area contributed by atoms with Crippen LogP contribution in [0.25, 0.3) is 10.9 Å². The van der Waals surface area contributed by atoms with Crippen LogP contribution in [-0.2, 0) is 9.63 Å². The van der Waals surface area contributed by atoms with Crippen molar-refractivity contribution in [2.24, 2.45) is 11.8 Å². The predicted octanol–water partition coefficient (Wildman–Crippen LogP) is 5.30. The first-order valence-electron chi connectivity index (χ1n) is 13.4. The molecule has 8 heteroatoms. The molecular weight excluding hydrogens is 474 g/mol. The number of carboxylic acids is 1. The average Bonchev–Trinajstić information content (AvgIpc) is 2.91. The van der Waals surface area contributed by atoms with Crippen molar-refractivity contribution in [2.75, 3.05) is 39.6 Å². The zero-order valence-corrected chi connectivity index (χ0v) is 22.5. The van der Waals surface area contributed by atoms with Gasteiger partial charge in [-0.25, -0.2) is 0 Å². The van der Waals surface area contributed by atoms with Gasteiger partial charge in [-0.2, -0.15) is 17.2 Å². The molecule has 3 atom stereocenters. The van der Waals surface area contributed by atoms with Gasteiger partial charge in [0.1, 0.15) is 5.75 Å². The third kappa shape index (κ3) is 7.12. The number of carbonyl (C=O) groups is 1. The molecule has 1 aliphatic carbocycles. The second kappa shape index (κ2) is 13.6. The molecule has 2 fully saturated rings. The summed E-state index contributed by atoms with van der Waals surface area (Å²) in [5, 5.41) is 11.9. The van der Waals surface area contributed by atoms with E-state index in [0.29, 0.717) is 6.54 Å². The largest absolute Gasteiger partial charge is 0.497 e. The third-order valence-electron chi connectivity index (χ3n) is 7.91. The molecule has 1 saturated heterocycles. The minimum atomic E-state index is -0.667. The van der Waals surface area contributed by atoms with Crippen LogP contribution in [-0.4, -0.2) is 65.8 Å². The van der Waals surface area contributed by atoms with Gasteiger partial charge < -0.3 is 19.6 Å². The fraction of sp³-hybridized carbons (Fsp3) is 0.643. The number of hydroxylamine groups is 1. The molecular formula is C28H41N3O4S. The highest BCUT2D eigenvalue weighted by Crippen LogP contribution is 2.34. The van der Waals surface area contributed by atoms with Crippen LogP contribution >= 0.6 is 11.8 Å². The number of benzene rings is 1. The Morgan fingerprint density at radius 1 is 1.22 bits per heavy atom. The van der Waals surface area contributed by atoms with Crippen molar-refractivity contribution in [2.45, 2.75) is 62.7 Å². The molecule has 2 heterocycles.